The first-order valence-electron chi connectivity index (χ1n) is 14.0. The van der Waals surface area contributed by atoms with Crippen molar-refractivity contribution in [3.63, 3.8) is 0 Å². The quantitative estimate of drug-likeness (QED) is 0.216. The summed E-state index contributed by atoms with van der Waals surface area (Å²) in [4.78, 5) is 13.0. The molecule has 1 heterocycles. The summed E-state index contributed by atoms with van der Waals surface area (Å²) in [6.07, 6.45) is 1.07. The highest BCUT2D eigenvalue weighted by molar-refractivity contribution is 5.82. The highest BCUT2D eigenvalue weighted by atomic mass is 16.5. The highest BCUT2D eigenvalue weighted by Crippen LogP contribution is 2.32. The predicted molar refractivity (Wildman–Crippen MR) is 154 cm³/mol. The maximum atomic E-state index is 11.6. The summed E-state index contributed by atoms with van der Waals surface area (Å²) >= 11 is 0. The Labute approximate surface area is 236 Å². The van der Waals surface area contributed by atoms with E-state index in [-0.39, 0.29) is 18.1 Å². The summed E-state index contributed by atoms with van der Waals surface area (Å²) in [7, 11) is 1.74. The van der Waals surface area contributed by atoms with Crippen LogP contribution in [0.2, 0.25) is 0 Å². The lowest BCUT2D eigenvalue weighted by molar-refractivity contribution is -0.268. The SMILES string of the molecule is COC(CCCOc1ccc(C2CCN(C(=O)[O-])CC2OCc2ccc3ccccc3c2)cc1)c1ccccc1. The van der Waals surface area contributed by atoms with E-state index in [1.54, 1.807) is 7.11 Å². The fourth-order valence-electron chi connectivity index (χ4n) is 5.52. The summed E-state index contributed by atoms with van der Waals surface area (Å²) in [6, 6.07) is 32.9. The van der Waals surface area contributed by atoms with E-state index in [1.165, 1.54) is 15.8 Å². The smallest absolute Gasteiger partial charge is 0.137 e. The zero-order chi connectivity index (χ0) is 27.7. The maximum absolute atomic E-state index is 11.6. The van der Waals surface area contributed by atoms with E-state index in [2.05, 4.69) is 54.6 Å². The molecule has 1 aliphatic rings. The number of carboxylic acid groups (broad SMARTS) is 1. The molecule has 208 valence electrons. The topological polar surface area (TPSA) is 71.1 Å². The van der Waals surface area contributed by atoms with Gasteiger partial charge in [0.15, 0.2) is 0 Å². The van der Waals surface area contributed by atoms with E-state index in [4.69, 9.17) is 14.2 Å². The highest BCUT2D eigenvalue weighted by Gasteiger charge is 2.31. The monoisotopic (exact) mass is 538 g/mol. The van der Waals surface area contributed by atoms with Gasteiger partial charge < -0.3 is 29.0 Å². The Kier molecular flexibility index (Phi) is 9.32. The number of hydrogen-bond donors (Lipinski definition) is 0. The molecule has 0 aliphatic carbocycles. The van der Waals surface area contributed by atoms with Crippen LogP contribution in [0, 0.1) is 0 Å². The van der Waals surface area contributed by atoms with E-state index in [9.17, 15) is 9.90 Å². The molecule has 3 atom stereocenters. The molecule has 4 aromatic rings. The van der Waals surface area contributed by atoms with Gasteiger partial charge in [0, 0.05) is 26.1 Å². The lowest BCUT2D eigenvalue weighted by atomic mass is 9.87. The van der Waals surface area contributed by atoms with Gasteiger partial charge in [-0.2, -0.15) is 0 Å². The van der Waals surface area contributed by atoms with Crippen molar-refractivity contribution in [3.8, 4) is 5.75 Å². The van der Waals surface area contributed by atoms with Crippen molar-refractivity contribution in [2.75, 3.05) is 26.8 Å². The molecular weight excluding hydrogens is 502 g/mol. The van der Waals surface area contributed by atoms with Crippen LogP contribution >= 0.6 is 0 Å². The Morgan fingerprint density at radius 2 is 1.70 bits per heavy atom. The zero-order valence-electron chi connectivity index (χ0n) is 22.9. The molecule has 4 aromatic carbocycles. The molecule has 0 bridgehead atoms. The number of hydrogen-bond acceptors (Lipinski definition) is 5. The number of ether oxygens (including phenoxy) is 3. The van der Waals surface area contributed by atoms with Gasteiger partial charge in [0.25, 0.3) is 0 Å². The van der Waals surface area contributed by atoms with E-state index >= 15 is 0 Å². The molecule has 1 saturated heterocycles. The molecule has 0 saturated carbocycles. The van der Waals surface area contributed by atoms with E-state index < -0.39 is 6.09 Å². The van der Waals surface area contributed by atoms with Crippen LogP contribution in [0.3, 0.4) is 0 Å². The van der Waals surface area contributed by atoms with Crippen LogP contribution in [0.25, 0.3) is 10.8 Å². The number of likely N-dealkylation sites (tertiary alicyclic amines) is 1. The van der Waals surface area contributed by atoms with Crippen LogP contribution < -0.4 is 9.84 Å². The van der Waals surface area contributed by atoms with E-state index in [1.807, 2.05) is 42.5 Å². The molecular formula is C34H36NO5-. The second kappa shape index (κ2) is 13.5. The molecule has 6 nitrogen and oxygen atoms in total. The minimum Gasteiger partial charge on any atom is -0.530 e. The first kappa shape index (κ1) is 27.7. The lowest BCUT2D eigenvalue weighted by Gasteiger charge is -2.40. The molecule has 1 amide bonds. The Bertz CT molecular complexity index is 1370. The Morgan fingerprint density at radius 3 is 2.45 bits per heavy atom. The largest absolute Gasteiger partial charge is 0.530 e. The Morgan fingerprint density at radius 1 is 0.950 bits per heavy atom. The summed E-state index contributed by atoms with van der Waals surface area (Å²) < 4.78 is 18.0. The second-order valence-corrected chi connectivity index (χ2v) is 10.3. The third-order valence-corrected chi connectivity index (χ3v) is 7.74. The van der Waals surface area contributed by atoms with Crippen LogP contribution in [0.5, 0.6) is 5.75 Å². The van der Waals surface area contributed by atoms with Gasteiger partial charge in [-0.25, -0.2) is 0 Å². The zero-order valence-corrected chi connectivity index (χ0v) is 22.9. The third-order valence-electron chi connectivity index (χ3n) is 7.74. The maximum Gasteiger partial charge on any atom is 0.137 e. The van der Waals surface area contributed by atoms with Gasteiger partial charge in [0.05, 0.1) is 25.4 Å². The van der Waals surface area contributed by atoms with Gasteiger partial charge in [0.1, 0.15) is 11.8 Å². The van der Waals surface area contributed by atoms with Crippen molar-refractivity contribution in [1.29, 1.82) is 0 Å². The summed E-state index contributed by atoms with van der Waals surface area (Å²) in [5.74, 6) is 0.900. The molecule has 0 radical (unpaired) electrons. The van der Waals surface area contributed by atoms with E-state index in [0.717, 1.165) is 35.1 Å². The molecule has 1 fully saturated rings. The number of carbonyl (C=O) groups is 1. The Hall–Kier alpha value is -3.87. The van der Waals surface area contributed by atoms with Crippen LogP contribution in [0.15, 0.2) is 97.1 Å². The molecule has 0 N–H and O–H groups in total. The molecule has 40 heavy (non-hydrogen) atoms. The van der Waals surface area contributed by atoms with Gasteiger partial charge >= 0.3 is 0 Å². The summed E-state index contributed by atoms with van der Waals surface area (Å²) in [5.41, 5.74) is 3.36. The molecule has 5 rings (SSSR count). The third kappa shape index (κ3) is 7.00. The van der Waals surface area contributed by atoms with Crippen LogP contribution in [-0.2, 0) is 16.1 Å². The van der Waals surface area contributed by atoms with Gasteiger partial charge in [-0.3, -0.25) is 0 Å². The van der Waals surface area contributed by atoms with Crippen LogP contribution in [-0.4, -0.2) is 43.9 Å². The van der Waals surface area contributed by atoms with Gasteiger partial charge in [-0.05, 0) is 64.9 Å². The number of nitrogens with zero attached hydrogens (tertiary/aromatic N) is 1. The average molecular weight is 539 g/mol. The molecule has 0 spiro atoms. The molecule has 0 aromatic heterocycles. The Balaban J connectivity index is 1.18. The summed E-state index contributed by atoms with van der Waals surface area (Å²) in [6.45, 7) is 1.75. The van der Waals surface area contributed by atoms with Gasteiger partial charge in [0.2, 0.25) is 0 Å². The first-order chi connectivity index (χ1) is 19.6. The number of piperidine rings is 1. The molecule has 6 heteroatoms. The number of methoxy groups -OCH3 is 1. The van der Waals surface area contributed by atoms with Gasteiger partial charge in [-0.1, -0.05) is 78.9 Å². The minimum absolute atomic E-state index is 0.0607. The van der Waals surface area contributed by atoms with Crippen molar-refractivity contribution < 1.29 is 24.1 Å². The van der Waals surface area contributed by atoms with Crippen molar-refractivity contribution in [3.05, 3.63) is 114 Å². The van der Waals surface area contributed by atoms with Crippen LogP contribution in [0.4, 0.5) is 4.79 Å². The fourth-order valence-corrected chi connectivity index (χ4v) is 5.52. The second-order valence-electron chi connectivity index (χ2n) is 10.3. The van der Waals surface area contributed by atoms with Crippen LogP contribution in [0.1, 0.15) is 48.0 Å². The van der Waals surface area contributed by atoms with Crippen molar-refractivity contribution in [1.82, 2.24) is 4.90 Å². The first-order valence-corrected chi connectivity index (χ1v) is 14.0. The van der Waals surface area contributed by atoms with Gasteiger partial charge in [-0.15, -0.1) is 0 Å². The molecule has 3 unspecified atom stereocenters. The number of fused-ring (bicyclic) bond motifs is 1. The standard InChI is InChI=1S/C34H37NO5/c1-38-32(28-9-3-2-4-10-28)12-7-21-39-30-17-15-27(16-18-30)31-19-20-35(34(36)37)23-33(31)40-24-25-13-14-26-8-5-6-11-29(26)22-25/h2-6,8-11,13-18,22,31-33H,7,12,19-21,23-24H2,1H3,(H,36,37)/p-1. The van der Waals surface area contributed by atoms with Crippen molar-refractivity contribution in [2.24, 2.45) is 0 Å². The lowest BCUT2D eigenvalue weighted by Crippen LogP contribution is -2.51. The summed E-state index contributed by atoms with van der Waals surface area (Å²) in [5, 5.41) is 14.0. The average Bonchev–Trinajstić information content (AvgIpc) is 3.00. The number of benzene rings is 4. The normalized spacial score (nSPS) is 18.0. The molecule has 1 aliphatic heterocycles. The predicted octanol–water partition coefficient (Wildman–Crippen LogP) is 6.10. The number of carbonyl (C=O) groups excluding carboxylic acids is 1. The number of amides is 1. The fraction of sp³-hybridized carbons (Fsp3) is 0.324. The van der Waals surface area contributed by atoms with Crippen molar-refractivity contribution in [2.45, 2.75) is 44.0 Å². The minimum atomic E-state index is -1.15. The van der Waals surface area contributed by atoms with Crippen molar-refractivity contribution >= 4 is 16.9 Å². The number of rotatable bonds is 11. The van der Waals surface area contributed by atoms with E-state index in [0.29, 0.717) is 32.7 Å².